The number of nitrogens with zero attached hydrogens (tertiary/aromatic N) is 1. The zero-order valence-electron chi connectivity index (χ0n) is 10.2. The standard InChI is InChI=1S/C13H11NO4S/c1-17-13(16)10-7-14-11(19-10)8-18-12(15)9-5-3-2-4-6-9/h2-7H,8H2,1H3. The van der Waals surface area contributed by atoms with Crippen molar-refractivity contribution in [3.8, 4) is 0 Å². The summed E-state index contributed by atoms with van der Waals surface area (Å²) >= 11 is 1.14. The van der Waals surface area contributed by atoms with Crippen LogP contribution >= 0.6 is 11.3 Å². The van der Waals surface area contributed by atoms with E-state index in [4.69, 9.17) is 4.74 Å². The van der Waals surface area contributed by atoms with Crippen LogP contribution in [0.2, 0.25) is 0 Å². The third kappa shape index (κ3) is 3.38. The van der Waals surface area contributed by atoms with Gasteiger partial charge in [0.1, 0.15) is 16.5 Å². The van der Waals surface area contributed by atoms with E-state index in [0.29, 0.717) is 15.4 Å². The Kier molecular flexibility index (Phi) is 4.25. The van der Waals surface area contributed by atoms with Crippen LogP contribution in [-0.4, -0.2) is 24.0 Å². The fourth-order valence-corrected chi connectivity index (χ4v) is 2.11. The smallest absolute Gasteiger partial charge is 0.349 e. The van der Waals surface area contributed by atoms with Crippen LogP contribution in [0.15, 0.2) is 36.5 Å². The number of carbonyl (C=O) groups excluding carboxylic acids is 2. The number of methoxy groups -OCH3 is 1. The highest BCUT2D eigenvalue weighted by Crippen LogP contribution is 2.15. The molecule has 0 bridgehead atoms. The minimum atomic E-state index is -0.446. The molecule has 0 aliphatic rings. The van der Waals surface area contributed by atoms with Crippen LogP contribution < -0.4 is 0 Å². The first-order valence-corrected chi connectivity index (χ1v) is 6.27. The SMILES string of the molecule is COC(=O)c1cnc(COC(=O)c2ccccc2)s1. The minimum absolute atomic E-state index is 0.0371. The highest BCUT2D eigenvalue weighted by Gasteiger charge is 2.12. The van der Waals surface area contributed by atoms with Crippen molar-refractivity contribution < 1.29 is 19.1 Å². The molecule has 1 heterocycles. The van der Waals surface area contributed by atoms with Gasteiger partial charge >= 0.3 is 11.9 Å². The minimum Gasteiger partial charge on any atom is -0.465 e. The number of thiazole rings is 1. The molecule has 6 heteroatoms. The zero-order valence-corrected chi connectivity index (χ0v) is 11.0. The van der Waals surface area contributed by atoms with E-state index in [1.54, 1.807) is 24.3 Å². The number of aromatic nitrogens is 1. The van der Waals surface area contributed by atoms with E-state index in [1.165, 1.54) is 13.3 Å². The summed E-state index contributed by atoms with van der Waals surface area (Å²) in [4.78, 5) is 27.3. The molecule has 2 rings (SSSR count). The molecule has 0 aliphatic carbocycles. The second-order valence-electron chi connectivity index (χ2n) is 3.55. The molecule has 0 spiro atoms. The lowest BCUT2D eigenvalue weighted by molar-refractivity contribution is 0.0472. The fourth-order valence-electron chi connectivity index (χ4n) is 1.36. The maximum Gasteiger partial charge on any atom is 0.349 e. The Hall–Kier alpha value is -2.21. The van der Waals surface area contributed by atoms with Gasteiger partial charge in [0.05, 0.1) is 18.9 Å². The van der Waals surface area contributed by atoms with Crippen LogP contribution in [0, 0.1) is 0 Å². The van der Waals surface area contributed by atoms with Crippen LogP contribution in [0.25, 0.3) is 0 Å². The van der Waals surface area contributed by atoms with Gasteiger partial charge in [-0.05, 0) is 12.1 Å². The Bertz CT molecular complexity index is 579. The average Bonchev–Trinajstić information content (AvgIpc) is 2.93. The normalized spacial score (nSPS) is 9.95. The second kappa shape index (κ2) is 6.10. The molecule has 0 aliphatic heterocycles. The van der Waals surface area contributed by atoms with Crippen molar-refractivity contribution in [3.05, 3.63) is 52.0 Å². The van der Waals surface area contributed by atoms with Crippen LogP contribution in [0.4, 0.5) is 0 Å². The monoisotopic (exact) mass is 277 g/mol. The van der Waals surface area contributed by atoms with Crippen LogP contribution in [0.5, 0.6) is 0 Å². The Morgan fingerprint density at radius 3 is 2.63 bits per heavy atom. The van der Waals surface area contributed by atoms with Gasteiger partial charge in [0, 0.05) is 0 Å². The van der Waals surface area contributed by atoms with Crippen LogP contribution in [-0.2, 0) is 16.1 Å². The van der Waals surface area contributed by atoms with E-state index in [2.05, 4.69) is 9.72 Å². The van der Waals surface area contributed by atoms with Crippen molar-refractivity contribution in [2.24, 2.45) is 0 Å². The summed E-state index contributed by atoms with van der Waals surface area (Å²) in [7, 11) is 1.30. The molecule has 0 amide bonds. The first-order valence-electron chi connectivity index (χ1n) is 5.46. The van der Waals surface area contributed by atoms with E-state index in [-0.39, 0.29) is 6.61 Å². The third-order valence-electron chi connectivity index (χ3n) is 2.28. The maximum atomic E-state index is 11.7. The first-order chi connectivity index (χ1) is 9.20. The summed E-state index contributed by atoms with van der Waals surface area (Å²) in [6, 6.07) is 8.68. The van der Waals surface area contributed by atoms with Gasteiger partial charge in [-0.2, -0.15) is 0 Å². The van der Waals surface area contributed by atoms with Gasteiger partial charge in [-0.25, -0.2) is 14.6 Å². The first kappa shape index (κ1) is 13.2. The lowest BCUT2D eigenvalue weighted by Gasteiger charge is -2.01. The van der Waals surface area contributed by atoms with Crippen molar-refractivity contribution in [2.45, 2.75) is 6.61 Å². The molecule has 2 aromatic rings. The Balaban J connectivity index is 1.94. The highest BCUT2D eigenvalue weighted by molar-refractivity contribution is 7.13. The van der Waals surface area contributed by atoms with Crippen molar-refractivity contribution in [1.29, 1.82) is 0 Å². The lowest BCUT2D eigenvalue weighted by atomic mass is 10.2. The molecular weight excluding hydrogens is 266 g/mol. The molecule has 0 saturated carbocycles. The number of rotatable bonds is 4. The van der Waals surface area contributed by atoms with Gasteiger partial charge in [-0.3, -0.25) is 0 Å². The largest absolute Gasteiger partial charge is 0.465 e. The predicted molar refractivity (Wildman–Crippen MR) is 69.0 cm³/mol. The van der Waals surface area contributed by atoms with Gasteiger partial charge in [0.25, 0.3) is 0 Å². The van der Waals surface area contributed by atoms with Crippen molar-refractivity contribution >= 4 is 23.3 Å². The molecular formula is C13H11NO4S. The quantitative estimate of drug-likeness (QED) is 0.802. The summed E-state index contributed by atoms with van der Waals surface area (Å²) in [5, 5.41) is 0.546. The number of esters is 2. The van der Waals surface area contributed by atoms with Gasteiger partial charge in [-0.1, -0.05) is 18.2 Å². The maximum absolute atomic E-state index is 11.7. The number of hydrogen-bond donors (Lipinski definition) is 0. The number of ether oxygens (including phenoxy) is 2. The van der Waals surface area contributed by atoms with E-state index in [9.17, 15) is 9.59 Å². The summed E-state index contributed by atoms with van der Waals surface area (Å²) in [5.41, 5.74) is 0.479. The lowest BCUT2D eigenvalue weighted by Crippen LogP contribution is -2.04. The summed E-state index contributed by atoms with van der Waals surface area (Å²) in [5.74, 6) is -0.867. The molecule has 0 N–H and O–H groups in total. The molecule has 0 radical (unpaired) electrons. The van der Waals surface area contributed by atoms with Crippen molar-refractivity contribution in [1.82, 2.24) is 4.98 Å². The molecule has 0 fully saturated rings. The van der Waals surface area contributed by atoms with Crippen molar-refractivity contribution in [3.63, 3.8) is 0 Å². The predicted octanol–water partition coefficient (Wildman–Crippen LogP) is 2.29. The number of carbonyl (C=O) groups is 2. The Morgan fingerprint density at radius 1 is 1.21 bits per heavy atom. The van der Waals surface area contributed by atoms with Gasteiger partial charge in [0.2, 0.25) is 0 Å². The van der Waals surface area contributed by atoms with Crippen molar-refractivity contribution in [2.75, 3.05) is 7.11 Å². The van der Waals surface area contributed by atoms with E-state index in [0.717, 1.165) is 11.3 Å². The molecule has 0 atom stereocenters. The summed E-state index contributed by atoms with van der Waals surface area (Å²) < 4.78 is 9.67. The van der Waals surface area contributed by atoms with Gasteiger partial charge in [0.15, 0.2) is 0 Å². The number of hydrogen-bond acceptors (Lipinski definition) is 6. The van der Waals surface area contributed by atoms with Gasteiger partial charge in [-0.15, -0.1) is 11.3 Å². The van der Waals surface area contributed by atoms with Gasteiger partial charge < -0.3 is 9.47 Å². The molecule has 1 aromatic carbocycles. The molecule has 98 valence electrons. The number of benzene rings is 1. The van der Waals surface area contributed by atoms with E-state index < -0.39 is 11.9 Å². The third-order valence-corrected chi connectivity index (χ3v) is 3.23. The second-order valence-corrected chi connectivity index (χ2v) is 4.67. The average molecular weight is 277 g/mol. The molecule has 1 aromatic heterocycles. The summed E-state index contributed by atoms with van der Waals surface area (Å²) in [6.07, 6.45) is 1.40. The Morgan fingerprint density at radius 2 is 1.95 bits per heavy atom. The van der Waals surface area contributed by atoms with E-state index >= 15 is 0 Å². The summed E-state index contributed by atoms with van der Waals surface area (Å²) in [6.45, 7) is 0.0371. The Labute approximate surface area is 113 Å². The molecule has 0 saturated heterocycles. The van der Waals surface area contributed by atoms with Crippen LogP contribution in [0.1, 0.15) is 25.0 Å². The molecule has 5 nitrogen and oxygen atoms in total. The zero-order chi connectivity index (χ0) is 13.7. The molecule has 19 heavy (non-hydrogen) atoms. The van der Waals surface area contributed by atoms with Crippen LogP contribution in [0.3, 0.4) is 0 Å². The topological polar surface area (TPSA) is 65.5 Å². The molecule has 0 unspecified atom stereocenters. The van der Waals surface area contributed by atoms with E-state index in [1.807, 2.05) is 6.07 Å². The fraction of sp³-hybridized carbons (Fsp3) is 0.154. The highest BCUT2D eigenvalue weighted by atomic mass is 32.1.